The fourth-order valence-electron chi connectivity index (χ4n) is 2.75. The molecule has 0 heterocycles. The smallest absolute Gasteiger partial charge is 0.157 e. The predicted octanol–water partition coefficient (Wildman–Crippen LogP) is 3.38. The molecule has 2 aliphatic carbocycles. The lowest BCUT2D eigenvalue weighted by atomic mass is 9.78. The minimum Gasteiger partial charge on any atom is -0.374 e. The van der Waals surface area contributed by atoms with Crippen LogP contribution in [0.25, 0.3) is 0 Å². The van der Waals surface area contributed by atoms with E-state index in [1.54, 1.807) is 0 Å². The van der Waals surface area contributed by atoms with Gasteiger partial charge in [-0.3, -0.25) is 4.79 Å². The maximum absolute atomic E-state index is 11.8. The van der Waals surface area contributed by atoms with Crippen LogP contribution in [0, 0.1) is 11.3 Å². The number of allylic oxidation sites excluding steroid dienone is 2. The van der Waals surface area contributed by atoms with Crippen LogP contribution in [0.3, 0.4) is 0 Å². The summed E-state index contributed by atoms with van der Waals surface area (Å²) in [5, 5.41) is 0. The van der Waals surface area contributed by atoms with Gasteiger partial charge in [-0.15, -0.1) is 0 Å². The Labute approximate surface area is 105 Å². The van der Waals surface area contributed by atoms with Gasteiger partial charge in [-0.05, 0) is 37.0 Å². The molecule has 0 aliphatic heterocycles. The van der Waals surface area contributed by atoms with Gasteiger partial charge in [-0.2, -0.15) is 0 Å². The molecule has 1 saturated carbocycles. The Hall–Kier alpha value is -0.790. The van der Waals surface area contributed by atoms with E-state index in [0.29, 0.717) is 12.2 Å². The van der Waals surface area contributed by atoms with Gasteiger partial charge in [-0.25, -0.2) is 0 Å². The SMILES string of the molecule is CCCN(CC1CC1)C1=CC(=O)CC(C)(C)C1. The highest BCUT2D eigenvalue weighted by Crippen LogP contribution is 2.37. The molecule has 96 valence electrons. The van der Waals surface area contributed by atoms with Gasteiger partial charge in [0.05, 0.1) is 0 Å². The molecule has 2 rings (SSSR count). The number of hydrogen-bond acceptors (Lipinski definition) is 2. The van der Waals surface area contributed by atoms with E-state index in [2.05, 4.69) is 25.7 Å². The van der Waals surface area contributed by atoms with Gasteiger partial charge in [0, 0.05) is 31.3 Å². The van der Waals surface area contributed by atoms with Crippen molar-refractivity contribution in [2.45, 2.75) is 52.9 Å². The standard InChI is InChI=1S/C15H25NO/c1-4-7-16(11-12-5-6-12)13-8-14(17)10-15(2,3)9-13/h8,12H,4-7,9-11H2,1-3H3. The number of carbonyl (C=O) groups excluding carboxylic acids is 1. The van der Waals surface area contributed by atoms with Crippen LogP contribution in [0.2, 0.25) is 0 Å². The second-order valence-electron chi connectivity index (χ2n) is 6.51. The van der Waals surface area contributed by atoms with E-state index in [4.69, 9.17) is 0 Å². The first-order valence-electron chi connectivity index (χ1n) is 6.98. The molecule has 17 heavy (non-hydrogen) atoms. The van der Waals surface area contributed by atoms with E-state index < -0.39 is 0 Å². The molecular weight excluding hydrogens is 210 g/mol. The Morgan fingerprint density at radius 1 is 1.35 bits per heavy atom. The average molecular weight is 235 g/mol. The summed E-state index contributed by atoms with van der Waals surface area (Å²) in [5.41, 5.74) is 1.44. The fourth-order valence-corrected chi connectivity index (χ4v) is 2.75. The highest BCUT2D eigenvalue weighted by Gasteiger charge is 2.31. The first kappa shape index (κ1) is 12.7. The summed E-state index contributed by atoms with van der Waals surface area (Å²) in [5.74, 6) is 1.20. The average Bonchev–Trinajstić information content (AvgIpc) is 2.97. The third kappa shape index (κ3) is 3.58. The molecule has 1 fully saturated rings. The zero-order chi connectivity index (χ0) is 12.5. The lowest BCUT2D eigenvalue weighted by Crippen LogP contribution is -2.33. The summed E-state index contributed by atoms with van der Waals surface area (Å²) >= 11 is 0. The summed E-state index contributed by atoms with van der Waals surface area (Å²) in [6, 6.07) is 0. The molecule has 0 spiro atoms. The lowest BCUT2D eigenvalue weighted by molar-refractivity contribution is -0.117. The molecular formula is C15H25NO. The van der Waals surface area contributed by atoms with Crippen molar-refractivity contribution >= 4 is 5.78 Å². The minimum atomic E-state index is 0.150. The van der Waals surface area contributed by atoms with E-state index in [0.717, 1.165) is 18.9 Å². The second-order valence-corrected chi connectivity index (χ2v) is 6.51. The highest BCUT2D eigenvalue weighted by molar-refractivity contribution is 5.91. The van der Waals surface area contributed by atoms with Crippen molar-refractivity contribution in [3.63, 3.8) is 0 Å². The van der Waals surface area contributed by atoms with Crippen LogP contribution in [-0.4, -0.2) is 23.8 Å². The molecule has 0 atom stereocenters. The Morgan fingerprint density at radius 3 is 2.59 bits per heavy atom. The fraction of sp³-hybridized carbons (Fsp3) is 0.800. The van der Waals surface area contributed by atoms with E-state index in [1.165, 1.54) is 31.5 Å². The zero-order valence-corrected chi connectivity index (χ0v) is 11.5. The van der Waals surface area contributed by atoms with Crippen LogP contribution >= 0.6 is 0 Å². The van der Waals surface area contributed by atoms with Gasteiger partial charge < -0.3 is 4.90 Å². The normalized spacial score (nSPS) is 23.5. The molecule has 2 aliphatic rings. The first-order valence-corrected chi connectivity index (χ1v) is 6.98. The molecule has 0 amide bonds. The molecule has 0 N–H and O–H groups in total. The van der Waals surface area contributed by atoms with Gasteiger partial charge in [0.25, 0.3) is 0 Å². The lowest BCUT2D eigenvalue weighted by Gasteiger charge is -2.35. The minimum absolute atomic E-state index is 0.150. The summed E-state index contributed by atoms with van der Waals surface area (Å²) in [4.78, 5) is 14.3. The third-order valence-corrected chi connectivity index (χ3v) is 3.72. The van der Waals surface area contributed by atoms with Crippen molar-refractivity contribution in [3.8, 4) is 0 Å². The van der Waals surface area contributed by atoms with Crippen molar-refractivity contribution in [3.05, 3.63) is 11.8 Å². The van der Waals surface area contributed by atoms with E-state index in [1.807, 2.05) is 6.08 Å². The Bertz CT molecular complexity index is 326. The number of rotatable bonds is 5. The summed E-state index contributed by atoms with van der Waals surface area (Å²) in [6.45, 7) is 8.91. The molecule has 0 bridgehead atoms. The maximum atomic E-state index is 11.8. The molecule has 2 nitrogen and oxygen atoms in total. The number of ketones is 1. The van der Waals surface area contributed by atoms with E-state index in [9.17, 15) is 4.79 Å². The zero-order valence-electron chi connectivity index (χ0n) is 11.5. The van der Waals surface area contributed by atoms with Crippen LogP contribution in [0.5, 0.6) is 0 Å². The number of carbonyl (C=O) groups is 1. The van der Waals surface area contributed by atoms with Crippen LogP contribution < -0.4 is 0 Å². The van der Waals surface area contributed by atoms with Crippen molar-refractivity contribution in [1.29, 1.82) is 0 Å². The van der Waals surface area contributed by atoms with Crippen LogP contribution in [0.15, 0.2) is 11.8 Å². The van der Waals surface area contributed by atoms with Gasteiger partial charge in [0.15, 0.2) is 5.78 Å². The van der Waals surface area contributed by atoms with Crippen LogP contribution in [0.1, 0.15) is 52.9 Å². The maximum Gasteiger partial charge on any atom is 0.157 e. The van der Waals surface area contributed by atoms with E-state index in [-0.39, 0.29) is 5.41 Å². The predicted molar refractivity (Wildman–Crippen MR) is 70.7 cm³/mol. The topological polar surface area (TPSA) is 20.3 Å². The molecule has 0 aromatic rings. The summed E-state index contributed by atoms with van der Waals surface area (Å²) < 4.78 is 0. The molecule has 0 aromatic heterocycles. The van der Waals surface area contributed by atoms with Crippen molar-refractivity contribution in [1.82, 2.24) is 4.90 Å². The van der Waals surface area contributed by atoms with Gasteiger partial charge >= 0.3 is 0 Å². The molecule has 0 saturated heterocycles. The second kappa shape index (κ2) is 4.83. The monoisotopic (exact) mass is 235 g/mol. The van der Waals surface area contributed by atoms with Gasteiger partial charge in [-0.1, -0.05) is 20.8 Å². The molecule has 2 heteroatoms. The number of hydrogen-bond donors (Lipinski definition) is 0. The quantitative estimate of drug-likeness (QED) is 0.728. The van der Waals surface area contributed by atoms with Gasteiger partial charge in [0.1, 0.15) is 0 Å². The van der Waals surface area contributed by atoms with Crippen molar-refractivity contribution in [2.24, 2.45) is 11.3 Å². The Morgan fingerprint density at radius 2 is 2.06 bits per heavy atom. The third-order valence-electron chi connectivity index (χ3n) is 3.72. The largest absolute Gasteiger partial charge is 0.374 e. The van der Waals surface area contributed by atoms with Crippen molar-refractivity contribution < 1.29 is 4.79 Å². The molecule has 0 aromatic carbocycles. The molecule has 0 unspecified atom stereocenters. The van der Waals surface area contributed by atoms with Crippen molar-refractivity contribution in [2.75, 3.05) is 13.1 Å². The van der Waals surface area contributed by atoms with E-state index >= 15 is 0 Å². The first-order chi connectivity index (χ1) is 8.00. The molecule has 0 radical (unpaired) electrons. The number of nitrogens with zero attached hydrogens (tertiary/aromatic N) is 1. The van der Waals surface area contributed by atoms with Crippen LogP contribution in [0.4, 0.5) is 0 Å². The van der Waals surface area contributed by atoms with Gasteiger partial charge in [0.2, 0.25) is 0 Å². The summed E-state index contributed by atoms with van der Waals surface area (Å²) in [6.07, 6.45) is 7.60. The van der Waals surface area contributed by atoms with Crippen LogP contribution in [-0.2, 0) is 4.79 Å². The summed E-state index contributed by atoms with van der Waals surface area (Å²) in [7, 11) is 0. The Kier molecular flexibility index (Phi) is 3.60. The Balaban J connectivity index is 2.07. The highest BCUT2D eigenvalue weighted by atomic mass is 16.1.